The molecule has 7 aromatic rings. The molecule has 0 aliphatic carbocycles. The monoisotopic (exact) mass is 974 g/mol. The zero-order valence-corrected chi connectivity index (χ0v) is 39.5. The number of amides is 4. The van der Waals surface area contributed by atoms with Crippen molar-refractivity contribution >= 4 is 52.0 Å². The number of carbonyl (C=O) groups excluding carboxylic acids is 4. The summed E-state index contributed by atoms with van der Waals surface area (Å²) in [5, 5.41) is 12.8. The number of carbonyl (C=O) groups is 4. The highest BCUT2D eigenvalue weighted by atomic mass is 19.1. The van der Waals surface area contributed by atoms with E-state index in [1.165, 1.54) is 25.6 Å². The number of halogens is 2. The number of nitrogens with zero attached hydrogens (tertiary/aromatic N) is 8. The maximum absolute atomic E-state index is 15.1. The Morgan fingerprint density at radius 1 is 0.847 bits per heavy atom. The molecule has 0 bridgehead atoms. The number of unbranched alkanes of at least 4 members (excludes halogenated alkanes) is 2. The summed E-state index contributed by atoms with van der Waals surface area (Å²) in [7, 11) is 1.22. The van der Waals surface area contributed by atoms with E-state index in [0.29, 0.717) is 61.1 Å². The van der Waals surface area contributed by atoms with E-state index in [4.69, 9.17) is 19.7 Å². The zero-order valence-electron chi connectivity index (χ0n) is 39.5. The smallest absolute Gasteiger partial charge is 0.264 e. The van der Waals surface area contributed by atoms with Crippen LogP contribution in [0.15, 0.2) is 110 Å². The summed E-state index contributed by atoms with van der Waals surface area (Å²) >= 11 is 0. The largest absolute Gasteiger partial charge is 0.491 e. The molecule has 2 saturated heterocycles. The number of rotatable bonds is 18. The van der Waals surface area contributed by atoms with E-state index in [1.807, 2.05) is 47.2 Å². The van der Waals surface area contributed by atoms with Gasteiger partial charge in [0.05, 0.1) is 59.9 Å². The van der Waals surface area contributed by atoms with Crippen molar-refractivity contribution in [3.05, 3.63) is 150 Å². The van der Waals surface area contributed by atoms with E-state index in [9.17, 15) is 19.2 Å². The van der Waals surface area contributed by atoms with Gasteiger partial charge in [-0.25, -0.2) is 23.7 Å². The molecule has 1 unspecified atom stereocenters. The highest BCUT2D eigenvalue weighted by Crippen LogP contribution is 2.38. The average Bonchev–Trinajstić information content (AvgIpc) is 3.92. The lowest BCUT2D eigenvalue weighted by Crippen LogP contribution is -2.55. The normalized spacial score (nSPS) is 17.8. The van der Waals surface area contributed by atoms with Crippen LogP contribution in [0.25, 0.3) is 22.4 Å². The Balaban J connectivity index is 0.835. The van der Waals surface area contributed by atoms with Gasteiger partial charge in [0, 0.05) is 56.6 Å². The minimum atomic E-state index is -1.03. The lowest BCUT2D eigenvalue weighted by molar-refractivity contribution is -0.136. The van der Waals surface area contributed by atoms with Crippen LogP contribution in [-0.2, 0) is 28.2 Å². The van der Waals surface area contributed by atoms with Crippen LogP contribution in [0.1, 0.15) is 82.5 Å². The van der Waals surface area contributed by atoms with Crippen LogP contribution in [0.5, 0.6) is 5.75 Å². The lowest BCUT2D eigenvalue weighted by Gasteiger charge is -2.44. The van der Waals surface area contributed by atoms with Gasteiger partial charge in [-0.3, -0.25) is 39.4 Å². The second kappa shape index (κ2) is 20.6. The van der Waals surface area contributed by atoms with Crippen molar-refractivity contribution in [2.45, 2.75) is 69.6 Å². The van der Waals surface area contributed by atoms with Gasteiger partial charge in [0.15, 0.2) is 28.8 Å². The molecule has 3 aliphatic rings. The third-order valence-corrected chi connectivity index (χ3v) is 13.6. The molecule has 0 spiro atoms. The van der Waals surface area contributed by atoms with E-state index < -0.39 is 52.6 Å². The van der Waals surface area contributed by atoms with Crippen LogP contribution in [0, 0.1) is 11.6 Å². The van der Waals surface area contributed by atoms with Gasteiger partial charge in [-0.2, -0.15) is 0 Å². The number of ether oxygens (including phenoxy) is 1. The number of benzene rings is 3. The van der Waals surface area contributed by atoms with Crippen LogP contribution >= 0.6 is 0 Å². The van der Waals surface area contributed by atoms with Gasteiger partial charge in [-0.15, -0.1) is 0 Å². The van der Waals surface area contributed by atoms with Gasteiger partial charge < -0.3 is 30.2 Å². The fourth-order valence-electron chi connectivity index (χ4n) is 10.0. The predicted octanol–water partition coefficient (Wildman–Crippen LogP) is 7.00. The molecule has 4 aromatic heterocycles. The molecule has 3 aliphatic heterocycles. The minimum Gasteiger partial charge on any atom is -0.491 e. The number of aromatic nitrogens is 6. The van der Waals surface area contributed by atoms with Crippen LogP contribution in [0.3, 0.4) is 0 Å². The third-order valence-electron chi connectivity index (χ3n) is 13.6. The van der Waals surface area contributed by atoms with Crippen molar-refractivity contribution in [2.24, 2.45) is 0 Å². The van der Waals surface area contributed by atoms with Crippen molar-refractivity contribution < 1.29 is 32.7 Å². The quantitative estimate of drug-likeness (QED) is 0.0506. The second-order valence-electron chi connectivity index (χ2n) is 18.2. The molecular weight excluding hydrogens is 923 g/mol. The molecule has 2 atom stereocenters. The first-order valence-corrected chi connectivity index (χ1v) is 24.1. The first-order valence-electron chi connectivity index (χ1n) is 24.1. The molecular formula is C53H52F2N12O5. The van der Waals surface area contributed by atoms with Gasteiger partial charge in [0.1, 0.15) is 17.9 Å². The molecule has 4 N–H and O–H groups in total. The molecule has 19 heteroatoms. The first-order chi connectivity index (χ1) is 35.1. The predicted molar refractivity (Wildman–Crippen MR) is 265 cm³/mol. The molecule has 0 radical (unpaired) electrons. The summed E-state index contributed by atoms with van der Waals surface area (Å²) in [5.74, 6) is -3.73. The van der Waals surface area contributed by atoms with Gasteiger partial charge in [-0.1, -0.05) is 42.5 Å². The molecule has 4 amide bonds. The Bertz CT molecular complexity index is 3150. The number of imide groups is 2. The maximum Gasteiger partial charge on any atom is 0.264 e. The van der Waals surface area contributed by atoms with Gasteiger partial charge in [-0.05, 0) is 92.1 Å². The molecule has 17 nitrogen and oxygen atoms in total. The van der Waals surface area contributed by atoms with Gasteiger partial charge in [0.2, 0.25) is 11.8 Å². The summed E-state index contributed by atoms with van der Waals surface area (Å²) in [6.45, 7) is 3.37. The van der Waals surface area contributed by atoms with Crippen LogP contribution in [0.4, 0.5) is 26.0 Å². The highest BCUT2D eigenvalue weighted by molar-refractivity contribution is 6.25. The standard InChI is InChI=1S/C53H52F2N12O5/c1-72-47-37(54)24-34(25-38(47)55)40-26-35(42(28-59-40)65-23-11-19-53(30-65,43-16-6-9-21-57-43)63-27-33-12-4-2-5-13-33)29-66-32-62-46-48(60-31-61-49(46)66)58-22-8-3-7-20-56-39-15-10-14-36-45(39)52(71)67(51(36)70)41-17-18-44(68)64-50(41)69/h2,4-6,9-10,12-16,21,24-26,28,31-32,41,56,63H,3,7-8,11,17-20,22-23,27,29-30H2,1H3,(H,58,60,61)(H,64,68,69)/t41?,53-/m1/s1. The van der Waals surface area contributed by atoms with Crippen LogP contribution in [-0.4, -0.2) is 97.3 Å². The molecule has 10 rings (SSSR count). The minimum absolute atomic E-state index is 0.0501. The Morgan fingerprint density at radius 2 is 1.65 bits per heavy atom. The number of imidazole rings is 1. The molecule has 3 aromatic carbocycles. The van der Waals surface area contributed by atoms with Gasteiger partial charge in [0.25, 0.3) is 11.8 Å². The number of hydrogen-bond donors (Lipinski definition) is 4. The van der Waals surface area contributed by atoms with Crippen molar-refractivity contribution in [1.82, 2.24) is 45.0 Å². The molecule has 2 fully saturated rings. The van der Waals surface area contributed by atoms with E-state index in [-0.39, 0.29) is 29.5 Å². The number of piperidine rings is 2. The number of pyridine rings is 2. The Hall–Kier alpha value is -8.19. The van der Waals surface area contributed by atoms with E-state index in [1.54, 1.807) is 30.7 Å². The zero-order chi connectivity index (χ0) is 49.8. The summed E-state index contributed by atoms with van der Waals surface area (Å²) in [4.78, 5) is 77.9. The number of methoxy groups -OCH3 is 1. The fraction of sp³-hybridized carbons (Fsp3) is 0.302. The van der Waals surface area contributed by atoms with Crippen molar-refractivity contribution in [1.29, 1.82) is 0 Å². The summed E-state index contributed by atoms with van der Waals surface area (Å²) in [5.41, 5.74) is 6.05. The Labute approximate surface area is 413 Å². The van der Waals surface area contributed by atoms with Crippen molar-refractivity contribution in [3.8, 4) is 17.0 Å². The Kier molecular flexibility index (Phi) is 13.6. The summed E-state index contributed by atoms with van der Waals surface area (Å²) < 4.78 is 37.1. The lowest BCUT2D eigenvalue weighted by atomic mass is 9.84. The second-order valence-corrected chi connectivity index (χ2v) is 18.2. The fourth-order valence-corrected chi connectivity index (χ4v) is 10.0. The van der Waals surface area contributed by atoms with Gasteiger partial charge >= 0.3 is 0 Å². The topological polar surface area (TPSA) is 201 Å². The number of fused-ring (bicyclic) bond motifs is 2. The van der Waals surface area contributed by atoms with E-state index in [0.717, 1.165) is 66.1 Å². The summed E-state index contributed by atoms with van der Waals surface area (Å²) in [6.07, 6.45) is 11.0. The third kappa shape index (κ3) is 9.54. The van der Waals surface area contributed by atoms with Crippen molar-refractivity contribution in [2.75, 3.05) is 48.8 Å². The number of nitrogens with one attached hydrogen (secondary N) is 4. The van der Waals surface area contributed by atoms with Crippen molar-refractivity contribution in [3.63, 3.8) is 0 Å². The summed E-state index contributed by atoms with van der Waals surface area (Å²) in [6, 6.07) is 24.5. The average molecular weight is 975 g/mol. The number of anilines is 3. The van der Waals surface area contributed by atoms with Crippen LogP contribution < -0.4 is 30.9 Å². The molecule has 0 saturated carbocycles. The SMILES string of the molecule is COc1c(F)cc(-c2cc(Cn3cnc4c(NCCCCCNc5cccc6c5C(=O)N(C5CCC(=O)NC5=O)C6=O)ncnc43)c(N3CCC[C@](NCc4ccccc4)(c4ccccn4)C3)cn2)cc1F. The molecule has 72 heavy (non-hydrogen) atoms. The Morgan fingerprint density at radius 3 is 2.43 bits per heavy atom. The molecule has 7 heterocycles. The van der Waals surface area contributed by atoms with Crippen LogP contribution in [0.2, 0.25) is 0 Å². The van der Waals surface area contributed by atoms with E-state index >= 15 is 8.78 Å². The highest BCUT2D eigenvalue weighted by Gasteiger charge is 2.46. The maximum atomic E-state index is 15.1. The molecule has 368 valence electrons. The first kappa shape index (κ1) is 47.5. The van der Waals surface area contributed by atoms with E-state index in [2.05, 4.69) is 54.3 Å². The number of hydrogen-bond acceptors (Lipinski definition) is 14.